The number of alkyl halides is 4. The molecule has 94 valence electrons. The summed E-state index contributed by atoms with van der Waals surface area (Å²) in [6.45, 7) is 0. The minimum atomic E-state index is -4.17. The molecule has 0 saturated carbocycles. The van der Waals surface area contributed by atoms with Gasteiger partial charge in [-0.1, -0.05) is 0 Å². The summed E-state index contributed by atoms with van der Waals surface area (Å²) in [5, 5.41) is 0. The van der Waals surface area contributed by atoms with Crippen LogP contribution in [0, 0.1) is 5.82 Å². The molecular weight excluding hydrogens is 243 g/mol. The normalized spacial score (nSPS) is 11.9. The van der Waals surface area contributed by atoms with Gasteiger partial charge in [0.15, 0.2) is 5.78 Å². The third-order valence-corrected chi connectivity index (χ3v) is 2.17. The average Bonchev–Trinajstić information content (AvgIpc) is 2.27. The standard InChI is InChI=1S/C11H9F5O/c12-8-3-1-7(2-4-8)9(17)5-6-11(15,16)10(13)14/h1-4,10H,5-6H2. The van der Waals surface area contributed by atoms with Crippen LogP contribution in [-0.4, -0.2) is 18.1 Å². The number of carbonyl (C=O) groups is 1. The van der Waals surface area contributed by atoms with E-state index in [2.05, 4.69) is 0 Å². The summed E-state index contributed by atoms with van der Waals surface area (Å²) in [5.41, 5.74) is 0.0245. The second-order valence-corrected chi connectivity index (χ2v) is 3.49. The highest BCUT2D eigenvalue weighted by atomic mass is 19.3. The van der Waals surface area contributed by atoms with E-state index in [0.717, 1.165) is 24.3 Å². The fourth-order valence-electron chi connectivity index (χ4n) is 1.17. The SMILES string of the molecule is O=C(CCC(F)(F)C(F)F)c1ccc(F)cc1. The van der Waals surface area contributed by atoms with Crippen LogP contribution >= 0.6 is 0 Å². The number of Topliss-reactive ketones (excluding diaryl/α,β-unsaturated/α-hetero) is 1. The number of carbonyl (C=O) groups excluding carboxylic acids is 1. The highest BCUT2D eigenvalue weighted by Crippen LogP contribution is 2.28. The summed E-state index contributed by atoms with van der Waals surface area (Å²) >= 11 is 0. The molecule has 0 aliphatic rings. The van der Waals surface area contributed by atoms with Crippen LogP contribution in [0.25, 0.3) is 0 Å². The molecule has 17 heavy (non-hydrogen) atoms. The lowest BCUT2D eigenvalue weighted by Crippen LogP contribution is -2.27. The largest absolute Gasteiger partial charge is 0.307 e. The van der Waals surface area contributed by atoms with Crippen molar-refractivity contribution in [3.05, 3.63) is 35.6 Å². The number of benzene rings is 1. The lowest BCUT2D eigenvalue weighted by Gasteiger charge is -2.14. The summed E-state index contributed by atoms with van der Waals surface area (Å²) in [6, 6.07) is 4.24. The molecule has 0 bridgehead atoms. The van der Waals surface area contributed by atoms with Crippen molar-refractivity contribution in [3.8, 4) is 0 Å². The average molecular weight is 252 g/mol. The van der Waals surface area contributed by atoms with Crippen LogP contribution in [-0.2, 0) is 0 Å². The summed E-state index contributed by atoms with van der Waals surface area (Å²) in [4.78, 5) is 11.3. The quantitative estimate of drug-likeness (QED) is 0.577. The topological polar surface area (TPSA) is 17.1 Å². The van der Waals surface area contributed by atoms with Gasteiger partial charge in [0.1, 0.15) is 5.82 Å². The molecule has 0 aliphatic carbocycles. The molecular formula is C11H9F5O. The zero-order chi connectivity index (χ0) is 13.1. The molecule has 0 fully saturated rings. The van der Waals surface area contributed by atoms with E-state index in [1.165, 1.54) is 0 Å². The first-order valence-electron chi connectivity index (χ1n) is 4.77. The Morgan fingerprint density at radius 3 is 2.18 bits per heavy atom. The predicted molar refractivity (Wildman–Crippen MR) is 50.9 cm³/mol. The molecule has 0 spiro atoms. The summed E-state index contributed by atoms with van der Waals surface area (Å²) in [6.07, 6.45) is -5.72. The first-order chi connectivity index (χ1) is 7.83. The fraction of sp³-hybridized carbons (Fsp3) is 0.364. The lowest BCUT2D eigenvalue weighted by molar-refractivity contribution is -0.132. The van der Waals surface area contributed by atoms with Crippen molar-refractivity contribution < 1.29 is 26.7 Å². The van der Waals surface area contributed by atoms with Gasteiger partial charge >= 0.3 is 12.3 Å². The van der Waals surface area contributed by atoms with Crippen LogP contribution in [0.3, 0.4) is 0 Å². The minimum absolute atomic E-state index is 0.0245. The summed E-state index contributed by atoms with van der Waals surface area (Å²) < 4.78 is 61.2. The maximum atomic E-state index is 12.5. The van der Waals surface area contributed by atoms with Crippen molar-refractivity contribution in [2.75, 3.05) is 0 Å². The number of halogens is 5. The van der Waals surface area contributed by atoms with Crippen LogP contribution in [0.1, 0.15) is 23.2 Å². The first kappa shape index (κ1) is 13.6. The Bertz CT molecular complexity index is 385. The van der Waals surface area contributed by atoms with Crippen LogP contribution in [0.5, 0.6) is 0 Å². The van der Waals surface area contributed by atoms with Crippen molar-refractivity contribution in [2.24, 2.45) is 0 Å². The van der Waals surface area contributed by atoms with Gasteiger partial charge in [0, 0.05) is 18.4 Å². The molecule has 6 heteroatoms. The number of rotatable bonds is 5. The molecule has 0 unspecified atom stereocenters. The van der Waals surface area contributed by atoms with Crippen LogP contribution in [0.2, 0.25) is 0 Å². The zero-order valence-corrected chi connectivity index (χ0v) is 8.60. The van der Waals surface area contributed by atoms with Crippen molar-refractivity contribution >= 4 is 5.78 Å². The fourth-order valence-corrected chi connectivity index (χ4v) is 1.17. The molecule has 1 aromatic rings. The first-order valence-corrected chi connectivity index (χ1v) is 4.77. The second kappa shape index (κ2) is 5.25. The molecule has 0 amide bonds. The van der Waals surface area contributed by atoms with E-state index >= 15 is 0 Å². The van der Waals surface area contributed by atoms with Gasteiger partial charge in [0.25, 0.3) is 0 Å². The Morgan fingerprint density at radius 2 is 1.71 bits per heavy atom. The molecule has 1 nitrogen and oxygen atoms in total. The van der Waals surface area contributed by atoms with Crippen molar-refractivity contribution in [1.29, 1.82) is 0 Å². The van der Waals surface area contributed by atoms with Crippen molar-refractivity contribution in [1.82, 2.24) is 0 Å². The summed E-state index contributed by atoms with van der Waals surface area (Å²) in [5.74, 6) is -5.46. The van der Waals surface area contributed by atoms with Crippen LogP contribution in [0.15, 0.2) is 24.3 Å². The monoisotopic (exact) mass is 252 g/mol. The maximum Gasteiger partial charge on any atom is 0.307 e. The third-order valence-electron chi connectivity index (χ3n) is 2.17. The smallest absolute Gasteiger partial charge is 0.294 e. The van der Waals surface area contributed by atoms with Gasteiger partial charge in [-0.25, -0.2) is 22.0 Å². The Balaban J connectivity index is 2.59. The highest BCUT2D eigenvalue weighted by molar-refractivity contribution is 5.96. The highest BCUT2D eigenvalue weighted by Gasteiger charge is 2.40. The molecule has 0 heterocycles. The van der Waals surface area contributed by atoms with Crippen LogP contribution in [0.4, 0.5) is 22.0 Å². The van der Waals surface area contributed by atoms with Crippen molar-refractivity contribution in [3.63, 3.8) is 0 Å². The van der Waals surface area contributed by atoms with E-state index < -0.39 is 36.8 Å². The lowest BCUT2D eigenvalue weighted by atomic mass is 10.0. The van der Waals surface area contributed by atoms with E-state index in [1.807, 2.05) is 0 Å². The second-order valence-electron chi connectivity index (χ2n) is 3.49. The molecule has 0 N–H and O–H groups in total. The number of ketones is 1. The molecule has 0 saturated heterocycles. The van der Waals surface area contributed by atoms with E-state index in [4.69, 9.17) is 0 Å². The molecule has 0 radical (unpaired) electrons. The molecule has 0 aromatic heterocycles. The predicted octanol–water partition coefficient (Wildman–Crippen LogP) is 3.69. The maximum absolute atomic E-state index is 12.5. The summed E-state index contributed by atoms with van der Waals surface area (Å²) in [7, 11) is 0. The third kappa shape index (κ3) is 3.80. The molecule has 0 atom stereocenters. The van der Waals surface area contributed by atoms with Gasteiger partial charge in [0.05, 0.1) is 0 Å². The number of hydrogen-bond acceptors (Lipinski definition) is 1. The zero-order valence-electron chi connectivity index (χ0n) is 8.60. The van der Waals surface area contributed by atoms with Crippen molar-refractivity contribution in [2.45, 2.75) is 25.2 Å². The molecule has 0 aliphatic heterocycles. The van der Waals surface area contributed by atoms with Gasteiger partial charge in [-0.2, -0.15) is 0 Å². The Morgan fingerprint density at radius 1 is 1.18 bits per heavy atom. The molecule has 1 aromatic carbocycles. The van der Waals surface area contributed by atoms with Gasteiger partial charge in [-0.3, -0.25) is 4.79 Å². The molecule has 1 rings (SSSR count). The Hall–Kier alpha value is -1.46. The Labute approximate surface area is 94.2 Å². The van der Waals surface area contributed by atoms with Gasteiger partial charge < -0.3 is 0 Å². The number of hydrogen-bond donors (Lipinski definition) is 0. The van der Waals surface area contributed by atoms with E-state index in [0.29, 0.717) is 0 Å². The van der Waals surface area contributed by atoms with E-state index in [-0.39, 0.29) is 5.56 Å². The Kier molecular flexibility index (Phi) is 4.20. The van der Waals surface area contributed by atoms with Gasteiger partial charge in [-0.15, -0.1) is 0 Å². The van der Waals surface area contributed by atoms with Gasteiger partial charge in [-0.05, 0) is 24.3 Å². The minimum Gasteiger partial charge on any atom is -0.294 e. The van der Waals surface area contributed by atoms with Crippen LogP contribution < -0.4 is 0 Å². The van der Waals surface area contributed by atoms with E-state index in [1.54, 1.807) is 0 Å². The van der Waals surface area contributed by atoms with E-state index in [9.17, 15) is 26.7 Å². The van der Waals surface area contributed by atoms with Gasteiger partial charge in [0.2, 0.25) is 0 Å².